The molecule has 0 bridgehead atoms. The predicted molar refractivity (Wildman–Crippen MR) is 62.1 cm³/mol. The highest BCUT2D eigenvalue weighted by Gasteiger charge is 2.53. The largest absolute Gasteiger partial charge is 0.444 e. The molecule has 1 spiro atoms. The summed E-state index contributed by atoms with van der Waals surface area (Å²) in [5.74, 6) is 0. The van der Waals surface area contributed by atoms with E-state index in [2.05, 4.69) is 0 Å². The van der Waals surface area contributed by atoms with Gasteiger partial charge in [0, 0.05) is 18.1 Å². The average molecular weight is 226 g/mol. The monoisotopic (exact) mass is 226 g/mol. The van der Waals surface area contributed by atoms with E-state index in [0.717, 1.165) is 25.7 Å². The number of likely N-dealkylation sites (tertiary alicyclic amines) is 1. The molecule has 1 amide bonds. The van der Waals surface area contributed by atoms with Crippen LogP contribution in [0.15, 0.2) is 0 Å². The average Bonchev–Trinajstić information content (AvgIpc) is 2.88. The summed E-state index contributed by atoms with van der Waals surface area (Å²) < 4.78 is 5.43. The normalized spacial score (nSPS) is 28.0. The Labute approximate surface area is 97.1 Å². The fraction of sp³-hybridized carbons (Fsp3) is 0.917. The van der Waals surface area contributed by atoms with E-state index in [4.69, 9.17) is 10.5 Å². The van der Waals surface area contributed by atoms with Gasteiger partial charge in [-0.05, 0) is 46.5 Å². The third kappa shape index (κ3) is 2.32. The van der Waals surface area contributed by atoms with Gasteiger partial charge in [-0.2, -0.15) is 0 Å². The molecule has 0 aromatic rings. The molecule has 0 aromatic carbocycles. The zero-order valence-electron chi connectivity index (χ0n) is 10.5. The number of carbonyl (C=O) groups is 1. The molecule has 2 rings (SSSR count). The summed E-state index contributed by atoms with van der Waals surface area (Å²) in [6.07, 6.45) is 4.09. The molecule has 1 aliphatic heterocycles. The van der Waals surface area contributed by atoms with Crippen molar-refractivity contribution in [3.63, 3.8) is 0 Å². The van der Waals surface area contributed by atoms with E-state index in [1.165, 1.54) is 0 Å². The van der Waals surface area contributed by atoms with Crippen LogP contribution in [0, 0.1) is 0 Å². The van der Waals surface area contributed by atoms with Crippen LogP contribution in [0.5, 0.6) is 0 Å². The molecule has 2 fully saturated rings. The van der Waals surface area contributed by atoms with Gasteiger partial charge in [-0.3, -0.25) is 0 Å². The van der Waals surface area contributed by atoms with E-state index in [1.807, 2.05) is 25.7 Å². The van der Waals surface area contributed by atoms with Crippen LogP contribution < -0.4 is 5.73 Å². The summed E-state index contributed by atoms with van der Waals surface area (Å²) in [7, 11) is 0. The molecule has 1 heterocycles. The number of piperidine rings is 1. The minimum atomic E-state index is -0.422. The van der Waals surface area contributed by atoms with Crippen LogP contribution in [0.4, 0.5) is 4.79 Å². The first-order valence-corrected chi connectivity index (χ1v) is 6.09. The Morgan fingerprint density at radius 2 is 2.00 bits per heavy atom. The van der Waals surface area contributed by atoms with E-state index < -0.39 is 5.60 Å². The fourth-order valence-corrected chi connectivity index (χ4v) is 2.36. The number of hydrogen-bond acceptors (Lipinski definition) is 3. The smallest absolute Gasteiger partial charge is 0.410 e. The van der Waals surface area contributed by atoms with Gasteiger partial charge in [0.2, 0.25) is 0 Å². The minimum absolute atomic E-state index is 0.0954. The Morgan fingerprint density at radius 3 is 2.50 bits per heavy atom. The van der Waals surface area contributed by atoms with E-state index >= 15 is 0 Å². The SMILES string of the molecule is CC(C)(C)OC(=O)N1CC(N)CCC12CC2. The van der Waals surface area contributed by atoms with Gasteiger partial charge in [-0.25, -0.2) is 4.79 Å². The number of hydrogen-bond donors (Lipinski definition) is 1. The Kier molecular flexibility index (Phi) is 2.65. The first-order valence-electron chi connectivity index (χ1n) is 6.09. The zero-order chi connectivity index (χ0) is 12.0. The summed E-state index contributed by atoms with van der Waals surface area (Å²) in [5.41, 5.74) is 5.60. The lowest BCUT2D eigenvalue weighted by atomic mass is 9.97. The molecule has 2 N–H and O–H groups in total. The lowest BCUT2D eigenvalue weighted by molar-refractivity contribution is 0.00344. The van der Waals surface area contributed by atoms with Gasteiger partial charge in [-0.15, -0.1) is 0 Å². The molecular weight excluding hydrogens is 204 g/mol. The van der Waals surface area contributed by atoms with Gasteiger partial charge in [-0.1, -0.05) is 0 Å². The lowest BCUT2D eigenvalue weighted by Gasteiger charge is -2.39. The summed E-state index contributed by atoms with van der Waals surface area (Å²) in [5, 5.41) is 0. The molecule has 1 aliphatic carbocycles. The first-order chi connectivity index (χ1) is 7.32. The Balaban J connectivity index is 2.03. The second-order valence-electron chi connectivity index (χ2n) is 6.11. The Hall–Kier alpha value is -0.770. The van der Waals surface area contributed by atoms with Crippen LogP contribution in [0.3, 0.4) is 0 Å². The van der Waals surface area contributed by atoms with E-state index in [9.17, 15) is 4.79 Å². The highest BCUT2D eigenvalue weighted by atomic mass is 16.6. The summed E-state index contributed by atoms with van der Waals surface area (Å²) in [6, 6.07) is 0.110. The number of amides is 1. The van der Waals surface area contributed by atoms with Crippen molar-refractivity contribution in [1.82, 2.24) is 4.90 Å². The number of nitrogens with two attached hydrogens (primary N) is 1. The maximum Gasteiger partial charge on any atom is 0.410 e. The van der Waals surface area contributed by atoms with Gasteiger partial charge in [0.15, 0.2) is 0 Å². The molecule has 2 aliphatic rings. The first kappa shape index (κ1) is 11.7. The molecular formula is C12H22N2O2. The molecule has 1 unspecified atom stereocenters. The molecule has 16 heavy (non-hydrogen) atoms. The third-order valence-electron chi connectivity index (χ3n) is 3.41. The molecule has 92 valence electrons. The van der Waals surface area contributed by atoms with Crippen LogP contribution >= 0.6 is 0 Å². The van der Waals surface area contributed by atoms with Gasteiger partial charge in [0.05, 0.1) is 0 Å². The number of carbonyl (C=O) groups excluding carboxylic acids is 1. The van der Waals surface area contributed by atoms with Gasteiger partial charge in [0.1, 0.15) is 5.60 Å². The van der Waals surface area contributed by atoms with Crippen LogP contribution in [-0.2, 0) is 4.74 Å². The Bertz CT molecular complexity index is 292. The minimum Gasteiger partial charge on any atom is -0.444 e. The highest BCUT2D eigenvalue weighted by Crippen LogP contribution is 2.48. The highest BCUT2D eigenvalue weighted by molar-refractivity contribution is 5.70. The van der Waals surface area contributed by atoms with Crippen molar-refractivity contribution < 1.29 is 9.53 Å². The van der Waals surface area contributed by atoms with Crippen LogP contribution in [0.25, 0.3) is 0 Å². The number of rotatable bonds is 0. The van der Waals surface area contributed by atoms with E-state index in [-0.39, 0.29) is 17.7 Å². The van der Waals surface area contributed by atoms with Gasteiger partial charge < -0.3 is 15.4 Å². The van der Waals surface area contributed by atoms with Crippen molar-refractivity contribution in [3.8, 4) is 0 Å². The van der Waals surface area contributed by atoms with Crippen LogP contribution in [0.2, 0.25) is 0 Å². The second kappa shape index (κ2) is 3.62. The molecule has 4 heteroatoms. The summed E-state index contributed by atoms with van der Waals surface area (Å²) >= 11 is 0. The standard InChI is InChI=1S/C12H22N2O2/c1-11(2,3)16-10(15)14-8-9(13)4-5-12(14)6-7-12/h9H,4-8,13H2,1-3H3. The maximum absolute atomic E-state index is 12.1. The zero-order valence-corrected chi connectivity index (χ0v) is 10.5. The molecule has 0 aromatic heterocycles. The molecule has 1 saturated carbocycles. The van der Waals surface area contributed by atoms with Crippen molar-refractivity contribution in [2.45, 2.75) is 63.6 Å². The van der Waals surface area contributed by atoms with Gasteiger partial charge >= 0.3 is 6.09 Å². The number of ether oxygens (including phenoxy) is 1. The van der Waals surface area contributed by atoms with Crippen molar-refractivity contribution in [2.24, 2.45) is 5.73 Å². The van der Waals surface area contributed by atoms with E-state index in [1.54, 1.807) is 0 Å². The van der Waals surface area contributed by atoms with Crippen molar-refractivity contribution in [3.05, 3.63) is 0 Å². The quantitative estimate of drug-likeness (QED) is 0.686. The molecule has 1 atom stereocenters. The van der Waals surface area contributed by atoms with Crippen LogP contribution in [0.1, 0.15) is 46.5 Å². The van der Waals surface area contributed by atoms with Crippen molar-refractivity contribution in [1.29, 1.82) is 0 Å². The maximum atomic E-state index is 12.1. The number of nitrogens with zero attached hydrogens (tertiary/aromatic N) is 1. The second-order valence-corrected chi connectivity index (χ2v) is 6.11. The van der Waals surface area contributed by atoms with Crippen molar-refractivity contribution >= 4 is 6.09 Å². The fourth-order valence-electron chi connectivity index (χ4n) is 2.36. The summed E-state index contributed by atoms with van der Waals surface area (Å²) in [4.78, 5) is 13.9. The third-order valence-corrected chi connectivity index (χ3v) is 3.41. The molecule has 0 radical (unpaired) electrons. The Morgan fingerprint density at radius 1 is 1.38 bits per heavy atom. The van der Waals surface area contributed by atoms with E-state index in [0.29, 0.717) is 6.54 Å². The molecule has 4 nitrogen and oxygen atoms in total. The van der Waals surface area contributed by atoms with Gasteiger partial charge in [0.25, 0.3) is 0 Å². The predicted octanol–water partition coefficient (Wildman–Crippen LogP) is 1.88. The molecule has 1 saturated heterocycles. The lowest BCUT2D eigenvalue weighted by Crippen LogP contribution is -2.54. The van der Waals surface area contributed by atoms with Crippen molar-refractivity contribution in [2.75, 3.05) is 6.54 Å². The summed E-state index contributed by atoms with van der Waals surface area (Å²) in [6.45, 7) is 6.34. The topological polar surface area (TPSA) is 55.6 Å². The van der Waals surface area contributed by atoms with Crippen LogP contribution in [-0.4, -0.2) is 34.7 Å².